The lowest BCUT2D eigenvalue weighted by Gasteiger charge is -2.13. The number of aromatic nitrogens is 2. The smallest absolute Gasteiger partial charge is 0.359 e. The van der Waals surface area contributed by atoms with Gasteiger partial charge in [-0.3, -0.25) is 9.59 Å². The molecule has 0 aliphatic carbocycles. The van der Waals surface area contributed by atoms with E-state index in [-0.39, 0.29) is 23.1 Å². The molecule has 0 radical (unpaired) electrons. The monoisotopic (exact) mass is 392 g/mol. The number of rotatable bonds is 5. The molecule has 0 saturated carbocycles. The number of ether oxygens (including phenoxy) is 2. The van der Waals surface area contributed by atoms with Crippen LogP contribution in [0, 0.1) is 0 Å². The fourth-order valence-electron chi connectivity index (χ4n) is 3.35. The fraction of sp³-hybridized carbons (Fsp3) is 0.273. The molecule has 1 aliphatic rings. The van der Waals surface area contributed by atoms with Crippen molar-refractivity contribution in [1.29, 1.82) is 0 Å². The third-order valence-electron chi connectivity index (χ3n) is 4.86. The van der Waals surface area contributed by atoms with Crippen molar-refractivity contribution in [1.82, 2.24) is 9.78 Å². The van der Waals surface area contributed by atoms with Gasteiger partial charge in [0.25, 0.3) is 5.56 Å². The van der Waals surface area contributed by atoms with Gasteiger partial charge in [-0.2, -0.15) is 5.10 Å². The molecule has 0 amide bonds. The van der Waals surface area contributed by atoms with Crippen molar-refractivity contribution in [2.24, 2.45) is 0 Å². The molecule has 7 nitrogen and oxygen atoms in total. The van der Waals surface area contributed by atoms with Crippen LogP contribution in [0.2, 0.25) is 0 Å². The Labute approximate surface area is 166 Å². The van der Waals surface area contributed by atoms with Gasteiger partial charge in [0.2, 0.25) is 0 Å². The average Bonchev–Trinajstić information content (AvgIpc) is 3.20. The predicted octanol–water partition coefficient (Wildman–Crippen LogP) is 2.95. The second-order valence-corrected chi connectivity index (χ2v) is 7.16. The Morgan fingerprint density at radius 1 is 1.17 bits per heavy atom. The zero-order chi connectivity index (χ0) is 20.5. The number of hydrogen-bond acceptors (Lipinski definition) is 6. The standard InChI is InChI=1S/C22H20N2O5/c1-13(2)24-21(26)17-6-4-3-5-16(17)20(23-24)22(27)29-12-18(25)14-7-8-19-15(11-14)9-10-28-19/h3-8,11,13H,9-10,12H2,1-2H3. The van der Waals surface area contributed by atoms with Gasteiger partial charge in [0, 0.05) is 17.4 Å². The van der Waals surface area contributed by atoms with Crippen LogP contribution in [0.3, 0.4) is 0 Å². The van der Waals surface area contributed by atoms with Crippen LogP contribution in [0.1, 0.15) is 46.3 Å². The van der Waals surface area contributed by atoms with Gasteiger partial charge in [-0.05, 0) is 43.7 Å². The van der Waals surface area contributed by atoms with Gasteiger partial charge in [0.05, 0.1) is 18.0 Å². The normalized spacial score (nSPS) is 12.7. The van der Waals surface area contributed by atoms with Crippen molar-refractivity contribution in [3.8, 4) is 5.75 Å². The number of fused-ring (bicyclic) bond motifs is 2. The summed E-state index contributed by atoms with van der Waals surface area (Å²) in [7, 11) is 0. The number of esters is 1. The van der Waals surface area contributed by atoms with E-state index in [9.17, 15) is 14.4 Å². The summed E-state index contributed by atoms with van der Waals surface area (Å²) in [6.45, 7) is 3.81. The summed E-state index contributed by atoms with van der Waals surface area (Å²) in [5.41, 5.74) is 1.18. The van der Waals surface area contributed by atoms with Gasteiger partial charge in [0.15, 0.2) is 18.1 Å². The fourth-order valence-corrected chi connectivity index (χ4v) is 3.35. The van der Waals surface area contributed by atoms with E-state index < -0.39 is 12.6 Å². The van der Waals surface area contributed by atoms with E-state index in [1.165, 1.54) is 4.68 Å². The molecule has 2 aromatic carbocycles. The molecule has 4 rings (SSSR count). The molecule has 0 fully saturated rings. The second-order valence-electron chi connectivity index (χ2n) is 7.16. The maximum atomic E-state index is 12.7. The molecule has 0 spiro atoms. The van der Waals surface area contributed by atoms with E-state index in [2.05, 4.69) is 5.10 Å². The van der Waals surface area contributed by atoms with Gasteiger partial charge in [-0.25, -0.2) is 9.48 Å². The lowest BCUT2D eigenvalue weighted by atomic mass is 10.1. The highest BCUT2D eigenvalue weighted by atomic mass is 16.5. The third kappa shape index (κ3) is 3.51. The lowest BCUT2D eigenvalue weighted by Crippen LogP contribution is -2.28. The van der Waals surface area contributed by atoms with Gasteiger partial charge in [0.1, 0.15) is 5.75 Å². The summed E-state index contributed by atoms with van der Waals surface area (Å²) in [6, 6.07) is 11.7. The van der Waals surface area contributed by atoms with Crippen LogP contribution >= 0.6 is 0 Å². The molecule has 0 bridgehead atoms. The summed E-state index contributed by atoms with van der Waals surface area (Å²) in [5.74, 6) is -0.270. The quantitative estimate of drug-likeness (QED) is 0.490. The molecule has 0 N–H and O–H groups in total. The van der Waals surface area contributed by atoms with E-state index in [0.717, 1.165) is 17.7 Å². The zero-order valence-electron chi connectivity index (χ0n) is 16.2. The second kappa shape index (κ2) is 7.50. The van der Waals surface area contributed by atoms with Gasteiger partial charge in [-0.15, -0.1) is 0 Å². The highest BCUT2D eigenvalue weighted by Gasteiger charge is 2.21. The number of hydrogen-bond donors (Lipinski definition) is 0. The Balaban J connectivity index is 1.59. The van der Waals surface area contributed by atoms with Crippen LogP contribution in [0.15, 0.2) is 47.3 Å². The highest BCUT2D eigenvalue weighted by molar-refractivity contribution is 6.04. The van der Waals surface area contributed by atoms with Crippen LogP contribution < -0.4 is 10.3 Å². The van der Waals surface area contributed by atoms with E-state index >= 15 is 0 Å². The molecule has 148 valence electrons. The van der Waals surface area contributed by atoms with Crippen LogP contribution in [-0.2, 0) is 11.2 Å². The summed E-state index contributed by atoms with van der Waals surface area (Å²) in [5, 5.41) is 4.99. The van der Waals surface area contributed by atoms with Crippen molar-refractivity contribution in [3.05, 3.63) is 69.6 Å². The van der Waals surface area contributed by atoms with Gasteiger partial charge >= 0.3 is 5.97 Å². The summed E-state index contributed by atoms with van der Waals surface area (Å²) < 4.78 is 11.9. The molecule has 2 heterocycles. The van der Waals surface area contributed by atoms with Gasteiger partial charge < -0.3 is 9.47 Å². The Morgan fingerprint density at radius 2 is 1.93 bits per heavy atom. The molecule has 3 aromatic rings. The third-order valence-corrected chi connectivity index (χ3v) is 4.86. The summed E-state index contributed by atoms with van der Waals surface area (Å²) in [4.78, 5) is 37.7. The van der Waals surface area contributed by atoms with Crippen LogP contribution in [0.4, 0.5) is 0 Å². The summed E-state index contributed by atoms with van der Waals surface area (Å²) in [6.07, 6.45) is 0.753. The first-order valence-electron chi connectivity index (χ1n) is 9.43. The maximum Gasteiger partial charge on any atom is 0.359 e. The van der Waals surface area contributed by atoms with E-state index in [1.807, 2.05) is 0 Å². The van der Waals surface area contributed by atoms with Crippen LogP contribution in [-0.4, -0.2) is 34.7 Å². The number of carbonyl (C=O) groups is 2. The minimum Gasteiger partial charge on any atom is -0.493 e. The number of Topliss-reactive ketones (excluding diaryl/α,β-unsaturated/α-hetero) is 1. The predicted molar refractivity (Wildman–Crippen MR) is 107 cm³/mol. The van der Waals surface area contributed by atoms with Crippen LogP contribution in [0.5, 0.6) is 5.75 Å². The minimum atomic E-state index is -0.742. The lowest BCUT2D eigenvalue weighted by molar-refractivity contribution is 0.0468. The van der Waals surface area contributed by atoms with Crippen molar-refractivity contribution in [3.63, 3.8) is 0 Å². The van der Waals surface area contributed by atoms with Crippen molar-refractivity contribution < 1.29 is 19.1 Å². The Kier molecular flexibility index (Phi) is 4.88. The first kappa shape index (κ1) is 18.9. The largest absolute Gasteiger partial charge is 0.493 e. The van der Waals surface area contributed by atoms with Crippen molar-refractivity contribution >= 4 is 22.5 Å². The number of benzene rings is 2. The van der Waals surface area contributed by atoms with Crippen molar-refractivity contribution in [2.45, 2.75) is 26.3 Å². The SMILES string of the molecule is CC(C)n1nc(C(=O)OCC(=O)c2ccc3c(c2)CCO3)c2ccccc2c1=O. The Bertz CT molecular complexity index is 1180. The van der Waals surface area contributed by atoms with E-state index in [1.54, 1.807) is 56.3 Å². The Hall–Kier alpha value is -3.48. The number of carbonyl (C=O) groups excluding carboxylic acids is 2. The highest BCUT2D eigenvalue weighted by Crippen LogP contribution is 2.26. The number of nitrogens with zero attached hydrogens (tertiary/aromatic N) is 2. The Morgan fingerprint density at radius 3 is 2.69 bits per heavy atom. The molecule has 29 heavy (non-hydrogen) atoms. The van der Waals surface area contributed by atoms with E-state index in [4.69, 9.17) is 9.47 Å². The first-order valence-corrected chi connectivity index (χ1v) is 9.43. The minimum absolute atomic E-state index is 0.0176. The van der Waals surface area contributed by atoms with Gasteiger partial charge in [-0.1, -0.05) is 18.2 Å². The van der Waals surface area contributed by atoms with Crippen LogP contribution in [0.25, 0.3) is 10.8 Å². The molecular formula is C22H20N2O5. The molecule has 0 atom stereocenters. The van der Waals surface area contributed by atoms with E-state index in [0.29, 0.717) is 22.9 Å². The molecule has 0 saturated heterocycles. The molecule has 1 aromatic heterocycles. The zero-order valence-corrected chi connectivity index (χ0v) is 16.2. The maximum absolute atomic E-state index is 12.7. The number of ketones is 1. The summed E-state index contributed by atoms with van der Waals surface area (Å²) >= 11 is 0. The molecule has 7 heteroatoms. The topological polar surface area (TPSA) is 87.5 Å². The van der Waals surface area contributed by atoms with Crippen molar-refractivity contribution in [2.75, 3.05) is 13.2 Å². The average molecular weight is 392 g/mol. The first-order chi connectivity index (χ1) is 14.0. The molecule has 1 aliphatic heterocycles. The molecular weight excluding hydrogens is 372 g/mol. The molecule has 0 unspecified atom stereocenters.